The lowest BCUT2D eigenvalue weighted by Gasteiger charge is -2.16. The van der Waals surface area contributed by atoms with E-state index in [1.165, 1.54) is 13.4 Å². The number of methoxy groups -OCH3 is 1. The minimum Gasteiger partial charge on any atom is -0.493 e. The van der Waals surface area contributed by atoms with E-state index >= 15 is 0 Å². The molecule has 1 N–H and O–H groups in total. The quantitative estimate of drug-likeness (QED) is 0.789. The van der Waals surface area contributed by atoms with E-state index in [0.717, 1.165) is 16.9 Å². The van der Waals surface area contributed by atoms with Crippen LogP contribution < -0.4 is 9.46 Å². The Hall–Kier alpha value is -1.83. The van der Waals surface area contributed by atoms with Crippen LogP contribution in [0.1, 0.15) is 29.9 Å². The van der Waals surface area contributed by atoms with E-state index in [1.807, 2.05) is 20.8 Å². The van der Waals surface area contributed by atoms with Gasteiger partial charge in [0.15, 0.2) is 0 Å². The van der Waals surface area contributed by atoms with E-state index in [9.17, 15) is 8.42 Å². The van der Waals surface area contributed by atoms with Gasteiger partial charge in [-0.25, -0.2) is 13.1 Å². The summed E-state index contributed by atoms with van der Waals surface area (Å²) in [6.45, 7) is 6.17. The molecule has 0 radical (unpaired) electrons. The van der Waals surface area contributed by atoms with E-state index < -0.39 is 16.1 Å². The number of aryl methyl sites for hydroxylation is 2. The normalized spacial score (nSPS) is 13.0. The third-order valence-electron chi connectivity index (χ3n) is 3.64. The maximum absolute atomic E-state index is 12.6. The highest BCUT2D eigenvalue weighted by Crippen LogP contribution is 2.27. The van der Waals surface area contributed by atoms with Gasteiger partial charge in [-0.15, -0.1) is 0 Å². The molecule has 1 aromatic heterocycles. The molecule has 1 atom stereocenters. The third kappa shape index (κ3) is 4.17. The Balaban J connectivity index is 2.18. The van der Waals surface area contributed by atoms with Crippen molar-refractivity contribution in [2.75, 3.05) is 20.3 Å². The highest BCUT2D eigenvalue weighted by Gasteiger charge is 2.21. The monoisotopic (exact) mass is 353 g/mol. The molecule has 0 aliphatic heterocycles. The van der Waals surface area contributed by atoms with Crippen molar-refractivity contribution < 1.29 is 22.3 Å². The first-order valence-electron chi connectivity index (χ1n) is 7.69. The second-order valence-electron chi connectivity index (χ2n) is 5.41. The number of hydrogen-bond donors (Lipinski definition) is 1. The summed E-state index contributed by atoms with van der Waals surface area (Å²) in [4.78, 5) is 0.204. The molecule has 24 heavy (non-hydrogen) atoms. The average Bonchev–Trinajstić information content (AvgIpc) is 3.05. The van der Waals surface area contributed by atoms with Crippen LogP contribution >= 0.6 is 0 Å². The van der Waals surface area contributed by atoms with Crippen molar-refractivity contribution in [2.24, 2.45) is 0 Å². The topological polar surface area (TPSA) is 77.8 Å². The van der Waals surface area contributed by atoms with Crippen LogP contribution in [-0.4, -0.2) is 28.7 Å². The van der Waals surface area contributed by atoms with Crippen molar-refractivity contribution in [2.45, 2.75) is 31.8 Å². The highest BCUT2D eigenvalue weighted by molar-refractivity contribution is 7.89. The molecular formula is C17H23NO5S. The lowest BCUT2D eigenvalue weighted by atomic mass is 10.1. The molecule has 0 saturated carbocycles. The van der Waals surface area contributed by atoms with Gasteiger partial charge in [0.25, 0.3) is 0 Å². The minimum absolute atomic E-state index is 0.0810. The van der Waals surface area contributed by atoms with Crippen LogP contribution in [0.25, 0.3) is 0 Å². The number of nitrogens with one attached hydrogen (secondary N) is 1. The molecule has 132 valence electrons. The Morgan fingerprint density at radius 2 is 1.92 bits per heavy atom. The summed E-state index contributed by atoms with van der Waals surface area (Å²) in [6.07, 6.45) is 1.04. The van der Waals surface area contributed by atoms with Gasteiger partial charge >= 0.3 is 0 Å². The van der Waals surface area contributed by atoms with E-state index in [4.69, 9.17) is 13.9 Å². The van der Waals surface area contributed by atoms with Crippen LogP contribution in [0.2, 0.25) is 0 Å². The molecule has 0 aliphatic rings. The standard InChI is InChI=1S/C17H23NO5S/c1-5-22-17-12(2)9-14(10-13(17)3)24(19,20)18-11-16(21-4)15-7-6-8-23-15/h6-10,16,18H,5,11H2,1-4H3. The number of rotatable bonds is 8. The fourth-order valence-corrected chi connectivity index (χ4v) is 3.68. The van der Waals surface area contributed by atoms with Gasteiger partial charge in [0.05, 0.1) is 17.8 Å². The summed E-state index contributed by atoms with van der Waals surface area (Å²) in [5.41, 5.74) is 1.57. The van der Waals surface area contributed by atoms with Crippen LogP contribution in [0, 0.1) is 13.8 Å². The maximum atomic E-state index is 12.6. The first-order chi connectivity index (χ1) is 11.4. The Morgan fingerprint density at radius 1 is 1.25 bits per heavy atom. The lowest BCUT2D eigenvalue weighted by Crippen LogP contribution is -2.29. The van der Waals surface area contributed by atoms with Crippen LogP contribution in [0.3, 0.4) is 0 Å². The van der Waals surface area contributed by atoms with Crippen molar-refractivity contribution in [3.05, 3.63) is 47.4 Å². The van der Waals surface area contributed by atoms with Crippen molar-refractivity contribution in [3.63, 3.8) is 0 Å². The molecule has 0 spiro atoms. The third-order valence-corrected chi connectivity index (χ3v) is 5.04. The average molecular weight is 353 g/mol. The number of sulfonamides is 1. The number of furan rings is 1. The van der Waals surface area contributed by atoms with Crippen molar-refractivity contribution in [3.8, 4) is 5.75 Å². The zero-order valence-electron chi connectivity index (χ0n) is 14.3. The number of benzene rings is 1. The van der Waals surface area contributed by atoms with Crippen LogP contribution in [0.5, 0.6) is 5.75 Å². The number of hydrogen-bond acceptors (Lipinski definition) is 5. The second kappa shape index (κ2) is 7.83. The second-order valence-corrected chi connectivity index (χ2v) is 7.18. The summed E-state index contributed by atoms with van der Waals surface area (Å²) in [6, 6.07) is 6.69. The summed E-state index contributed by atoms with van der Waals surface area (Å²) in [7, 11) is -2.15. The predicted octanol–water partition coefficient (Wildman–Crippen LogP) is 2.96. The van der Waals surface area contributed by atoms with E-state index in [1.54, 1.807) is 24.3 Å². The first kappa shape index (κ1) is 18.5. The zero-order chi connectivity index (χ0) is 17.7. The molecule has 1 unspecified atom stereocenters. The first-order valence-corrected chi connectivity index (χ1v) is 9.17. The summed E-state index contributed by atoms with van der Waals surface area (Å²) in [5.74, 6) is 1.29. The van der Waals surface area contributed by atoms with Crippen LogP contribution in [0.15, 0.2) is 39.8 Å². The predicted molar refractivity (Wildman–Crippen MR) is 90.7 cm³/mol. The summed E-state index contributed by atoms with van der Waals surface area (Å²) >= 11 is 0. The zero-order valence-corrected chi connectivity index (χ0v) is 15.1. The van der Waals surface area contributed by atoms with Gasteiger partial charge in [0, 0.05) is 13.7 Å². The summed E-state index contributed by atoms with van der Waals surface area (Å²) in [5, 5.41) is 0. The Labute approximate surface area is 142 Å². The molecule has 1 heterocycles. The molecule has 0 aliphatic carbocycles. The molecule has 0 amide bonds. The highest BCUT2D eigenvalue weighted by atomic mass is 32.2. The van der Waals surface area contributed by atoms with Crippen LogP contribution in [0.4, 0.5) is 0 Å². The van der Waals surface area contributed by atoms with Crippen LogP contribution in [-0.2, 0) is 14.8 Å². The molecule has 0 bridgehead atoms. The molecule has 0 fully saturated rings. The van der Waals surface area contributed by atoms with E-state index in [-0.39, 0.29) is 11.4 Å². The molecule has 2 aromatic rings. The summed E-state index contributed by atoms with van der Waals surface area (Å²) < 4.78 is 43.8. The minimum atomic E-state index is -3.66. The van der Waals surface area contributed by atoms with Gasteiger partial charge in [-0.2, -0.15) is 0 Å². The van der Waals surface area contributed by atoms with Gasteiger partial charge < -0.3 is 13.9 Å². The molecule has 6 nitrogen and oxygen atoms in total. The van der Waals surface area contributed by atoms with Gasteiger partial charge in [-0.1, -0.05) is 0 Å². The van der Waals surface area contributed by atoms with E-state index in [0.29, 0.717) is 12.4 Å². The van der Waals surface area contributed by atoms with Gasteiger partial charge in [0.1, 0.15) is 17.6 Å². The Bertz CT molecular complexity index is 745. The Morgan fingerprint density at radius 3 is 2.42 bits per heavy atom. The molecule has 0 saturated heterocycles. The van der Waals surface area contributed by atoms with E-state index in [2.05, 4.69) is 4.72 Å². The molecule has 1 aromatic carbocycles. The molecule has 2 rings (SSSR count). The smallest absolute Gasteiger partial charge is 0.240 e. The Kier molecular flexibility index (Phi) is 6.04. The fraction of sp³-hybridized carbons (Fsp3) is 0.412. The largest absolute Gasteiger partial charge is 0.493 e. The van der Waals surface area contributed by atoms with Gasteiger partial charge in [-0.3, -0.25) is 0 Å². The maximum Gasteiger partial charge on any atom is 0.240 e. The number of ether oxygens (including phenoxy) is 2. The van der Waals surface area contributed by atoms with Crippen molar-refractivity contribution in [1.82, 2.24) is 4.72 Å². The van der Waals surface area contributed by atoms with Crippen molar-refractivity contribution in [1.29, 1.82) is 0 Å². The fourth-order valence-electron chi connectivity index (χ4n) is 2.48. The molecular weight excluding hydrogens is 330 g/mol. The molecule has 7 heteroatoms. The SMILES string of the molecule is CCOc1c(C)cc(S(=O)(=O)NCC(OC)c2ccco2)cc1C. The van der Waals surface area contributed by atoms with Gasteiger partial charge in [0.2, 0.25) is 10.0 Å². The van der Waals surface area contributed by atoms with Gasteiger partial charge in [-0.05, 0) is 56.2 Å². The van der Waals surface area contributed by atoms with Crippen molar-refractivity contribution >= 4 is 10.0 Å². The lowest BCUT2D eigenvalue weighted by molar-refractivity contribution is 0.0878.